The topological polar surface area (TPSA) is 59.2 Å². The van der Waals surface area contributed by atoms with Gasteiger partial charge in [-0.3, -0.25) is 4.79 Å². The second-order valence-corrected chi connectivity index (χ2v) is 6.83. The van der Waals surface area contributed by atoms with Gasteiger partial charge in [0.15, 0.2) is 5.82 Å². The number of benzene rings is 2. The highest BCUT2D eigenvalue weighted by Crippen LogP contribution is 2.32. The molecule has 1 fully saturated rings. The second-order valence-electron chi connectivity index (χ2n) is 6.39. The van der Waals surface area contributed by atoms with Gasteiger partial charge in [0, 0.05) is 35.2 Å². The molecule has 1 aliphatic rings. The maximum atomic E-state index is 12.5. The third-order valence-electron chi connectivity index (χ3n) is 4.66. The zero-order valence-corrected chi connectivity index (χ0v) is 15.1. The molecule has 1 saturated heterocycles. The Morgan fingerprint density at radius 1 is 1.23 bits per heavy atom. The fraction of sp³-hybridized carbons (Fsp3) is 0.250. The van der Waals surface area contributed by atoms with Gasteiger partial charge < -0.3 is 9.42 Å². The van der Waals surface area contributed by atoms with Gasteiger partial charge in [-0.25, -0.2) is 0 Å². The fourth-order valence-corrected chi connectivity index (χ4v) is 3.37. The standard InChI is InChI=1S/C20H18ClN3O2/c1-2-13-6-8-17(9-7-13)24-12-15(11-18(24)25)19-22-20(26-23-19)14-4-3-5-16(21)10-14/h3-10,15H,2,11-12H2,1H3/t15-/m1/s1. The van der Waals surface area contributed by atoms with Gasteiger partial charge in [0.25, 0.3) is 5.89 Å². The lowest BCUT2D eigenvalue weighted by molar-refractivity contribution is -0.117. The first-order valence-electron chi connectivity index (χ1n) is 8.63. The molecular weight excluding hydrogens is 350 g/mol. The highest BCUT2D eigenvalue weighted by Gasteiger charge is 2.34. The van der Waals surface area contributed by atoms with Crippen molar-refractivity contribution in [1.29, 1.82) is 0 Å². The number of halogens is 1. The Hall–Kier alpha value is -2.66. The number of nitrogens with zero attached hydrogens (tertiary/aromatic N) is 3. The average molecular weight is 368 g/mol. The lowest BCUT2D eigenvalue weighted by Gasteiger charge is -2.16. The molecule has 5 nitrogen and oxygen atoms in total. The first-order valence-corrected chi connectivity index (χ1v) is 9.00. The molecule has 3 aromatic rings. The van der Waals surface area contributed by atoms with Gasteiger partial charge in [0.2, 0.25) is 5.91 Å². The SMILES string of the molecule is CCc1ccc(N2C[C@H](c3noc(-c4cccc(Cl)c4)n3)CC2=O)cc1. The lowest BCUT2D eigenvalue weighted by atomic mass is 10.1. The van der Waals surface area contributed by atoms with E-state index in [4.69, 9.17) is 16.1 Å². The maximum Gasteiger partial charge on any atom is 0.257 e. The molecule has 0 bridgehead atoms. The van der Waals surface area contributed by atoms with Gasteiger partial charge >= 0.3 is 0 Å². The predicted octanol–water partition coefficient (Wildman–Crippen LogP) is 4.47. The number of rotatable bonds is 4. The van der Waals surface area contributed by atoms with Crippen LogP contribution in [0.3, 0.4) is 0 Å². The number of aryl methyl sites for hydroxylation is 1. The average Bonchev–Trinajstić information content (AvgIpc) is 3.29. The first-order chi connectivity index (χ1) is 12.6. The minimum absolute atomic E-state index is 0.0772. The second kappa shape index (κ2) is 6.92. The number of amides is 1. The summed E-state index contributed by atoms with van der Waals surface area (Å²) in [5.74, 6) is 0.972. The molecular formula is C20H18ClN3O2. The minimum atomic E-state index is -0.0787. The number of carbonyl (C=O) groups excluding carboxylic acids is 1. The third kappa shape index (κ3) is 3.22. The van der Waals surface area contributed by atoms with E-state index in [1.54, 1.807) is 17.0 Å². The van der Waals surface area contributed by atoms with Crippen LogP contribution in [0, 0.1) is 0 Å². The Bertz CT molecular complexity index is 936. The van der Waals surface area contributed by atoms with Gasteiger partial charge in [-0.15, -0.1) is 0 Å². The highest BCUT2D eigenvalue weighted by atomic mass is 35.5. The number of hydrogen-bond acceptors (Lipinski definition) is 4. The van der Waals surface area contributed by atoms with E-state index >= 15 is 0 Å². The number of hydrogen-bond donors (Lipinski definition) is 0. The van der Waals surface area contributed by atoms with Gasteiger partial charge in [0.1, 0.15) is 0 Å². The highest BCUT2D eigenvalue weighted by molar-refractivity contribution is 6.30. The van der Waals surface area contributed by atoms with E-state index in [1.165, 1.54) is 5.56 Å². The van der Waals surface area contributed by atoms with Crippen molar-refractivity contribution in [2.24, 2.45) is 0 Å². The summed E-state index contributed by atoms with van der Waals surface area (Å²) >= 11 is 6.02. The van der Waals surface area contributed by atoms with E-state index in [2.05, 4.69) is 29.2 Å². The van der Waals surface area contributed by atoms with E-state index in [9.17, 15) is 4.79 Å². The summed E-state index contributed by atoms with van der Waals surface area (Å²) in [7, 11) is 0. The van der Waals surface area contributed by atoms with Crippen molar-refractivity contribution in [1.82, 2.24) is 10.1 Å². The molecule has 2 aromatic carbocycles. The smallest absolute Gasteiger partial charge is 0.257 e. The zero-order chi connectivity index (χ0) is 18.1. The molecule has 1 aromatic heterocycles. The number of anilines is 1. The van der Waals surface area contributed by atoms with E-state index in [0.717, 1.165) is 17.7 Å². The summed E-state index contributed by atoms with van der Waals surface area (Å²) in [4.78, 5) is 18.7. The monoisotopic (exact) mass is 367 g/mol. The molecule has 4 rings (SSSR count). The maximum absolute atomic E-state index is 12.5. The third-order valence-corrected chi connectivity index (χ3v) is 4.89. The van der Waals surface area contributed by atoms with Crippen molar-refractivity contribution in [2.75, 3.05) is 11.4 Å². The molecule has 1 atom stereocenters. The predicted molar refractivity (Wildman–Crippen MR) is 100 cm³/mol. The first kappa shape index (κ1) is 16.8. The van der Waals surface area contributed by atoms with Crippen LogP contribution in [0.2, 0.25) is 5.02 Å². The molecule has 132 valence electrons. The van der Waals surface area contributed by atoms with Crippen LogP contribution in [0.25, 0.3) is 11.5 Å². The van der Waals surface area contributed by atoms with Crippen molar-refractivity contribution < 1.29 is 9.32 Å². The molecule has 26 heavy (non-hydrogen) atoms. The lowest BCUT2D eigenvalue weighted by Crippen LogP contribution is -2.24. The van der Waals surface area contributed by atoms with Crippen molar-refractivity contribution in [3.8, 4) is 11.5 Å². The van der Waals surface area contributed by atoms with E-state index < -0.39 is 0 Å². The summed E-state index contributed by atoms with van der Waals surface area (Å²) in [6.07, 6.45) is 1.36. The summed E-state index contributed by atoms with van der Waals surface area (Å²) in [6, 6.07) is 15.4. The van der Waals surface area contributed by atoms with Gasteiger partial charge in [-0.2, -0.15) is 4.98 Å². The normalized spacial score (nSPS) is 17.1. The van der Waals surface area contributed by atoms with Crippen LogP contribution in [0.5, 0.6) is 0 Å². The Balaban J connectivity index is 1.53. The largest absolute Gasteiger partial charge is 0.334 e. The Morgan fingerprint density at radius 3 is 2.77 bits per heavy atom. The van der Waals surface area contributed by atoms with Crippen molar-refractivity contribution in [3.05, 3.63) is 64.9 Å². The quantitative estimate of drug-likeness (QED) is 0.682. The van der Waals surface area contributed by atoms with Crippen molar-refractivity contribution in [2.45, 2.75) is 25.7 Å². The van der Waals surface area contributed by atoms with Crippen LogP contribution >= 0.6 is 11.6 Å². The van der Waals surface area contributed by atoms with Crippen LogP contribution in [0.1, 0.15) is 30.7 Å². The fourth-order valence-electron chi connectivity index (χ4n) is 3.18. The van der Waals surface area contributed by atoms with Gasteiger partial charge in [-0.1, -0.05) is 41.9 Å². The van der Waals surface area contributed by atoms with Crippen LogP contribution in [0.4, 0.5) is 5.69 Å². The Labute approximate surface area is 156 Å². The summed E-state index contributed by atoms with van der Waals surface area (Å²) in [6.45, 7) is 2.67. The van der Waals surface area contributed by atoms with Gasteiger partial charge in [0.05, 0.1) is 0 Å². The number of carbonyl (C=O) groups is 1. The van der Waals surface area contributed by atoms with Crippen LogP contribution < -0.4 is 4.90 Å². The van der Waals surface area contributed by atoms with E-state index in [-0.39, 0.29) is 11.8 Å². The Kier molecular flexibility index (Phi) is 4.47. The van der Waals surface area contributed by atoms with Crippen molar-refractivity contribution in [3.63, 3.8) is 0 Å². The molecule has 2 heterocycles. The molecule has 0 radical (unpaired) electrons. The molecule has 0 unspecified atom stereocenters. The summed E-state index contributed by atoms with van der Waals surface area (Å²) in [5, 5.41) is 4.70. The number of aromatic nitrogens is 2. The molecule has 1 aliphatic heterocycles. The van der Waals surface area contributed by atoms with Crippen LogP contribution in [-0.2, 0) is 11.2 Å². The molecule has 1 amide bonds. The van der Waals surface area contributed by atoms with E-state index in [0.29, 0.717) is 29.7 Å². The minimum Gasteiger partial charge on any atom is -0.334 e. The summed E-state index contributed by atoms with van der Waals surface area (Å²) in [5.41, 5.74) is 2.93. The van der Waals surface area contributed by atoms with Crippen LogP contribution in [0.15, 0.2) is 53.1 Å². The molecule has 0 N–H and O–H groups in total. The molecule has 6 heteroatoms. The van der Waals surface area contributed by atoms with Crippen LogP contribution in [-0.4, -0.2) is 22.6 Å². The Morgan fingerprint density at radius 2 is 2.04 bits per heavy atom. The molecule has 0 saturated carbocycles. The molecule has 0 aliphatic carbocycles. The van der Waals surface area contributed by atoms with E-state index in [1.807, 2.05) is 24.3 Å². The van der Waals surface area contributed by atoms with Crippen molar-refractivity contribution >= 4 is 23.2 Å². The molecule has 0 spiro atoms. The zero-order valence-electron chi connectivity index (χ0n) is 14.4. The van der Waals surface area contributed by atoms with Gasteiger partial charge in [-0.05, 0) is 42.3 Å². The summed E-state index contributed by atoms with van der Waals surface area (Å²) < 4.78 is 5.38.